The van der Waals surface area contributed by atoms with Gasteiger partial charge in [-0.3, -0.25) is 4.79 Å². The Bertz CT molecular complexity index is 609. The smallest absolute Gasteiger partial charge is 0.323 e. The highest BCUT2D eigenvalue weighted by molar-refractivity contribution is 5.75. The summed E-state index contributed by atoms with van der Waals surface area (Å²) in [6, 6.07) is 8.45. The number of furan rings is 1. The van der Waals surface area contributed by atoms with Crippen molar-refractivity contribution in [3.05, 3.63) is 53.7 Å². The highest BCUT2D eigenvalue weighted by Gasteiger charge is 2.17. The molecule has 1 aromatic heterocycles. The number of nitrogens with two attached hydrogens (primary N) is 1. The summed E-state index contributed by atoms with van der Waals surface area (Å²) in [5.41, 5.74) is 5.72. The monoisotopic (exact) mass is 307 g/mol. The lowest BCUT2D eigenvalue weighted by Gasteiger charge is -2.08. The molecule has 0 saturated heterocycles. The van der Waals surface area contributed by atoms with Crippen molar-refractivity contribution in [2.75, 3.05) is 6.61 Å². The van der Waals surface area contributed by atoms with E-state index in [9.17, 15) is 9.18 Å². The van der Waals surface area contributed by atoms with E-state index in [1.165, 1.54) is 24.3 Å². The minimum atomic E-state index is -0.753. The lowest BCUT2D eigenvalue weighted by atomic mass is 10.2. The van der Waals surface area contributed by atoms with E-state index in [4.69, 9.17) is 19.6 Å². The first-order chi connectivity index (χ1) is 10.6. The fourth-order valence-electron chi connectivity index (χ4n) is 1.84. The molecule has 5 nitrogen and oxygen atoms in total. The van der Waals surface area contributed by atoms with Crippen molar-refractivity contribution >= 4 is 5.97 Å². The predicted molar refractivity (Wildman–Crippen MR) is 77.8 cm³/mol. The second-order valence-electron chi connectivity index (χ2n) is 4.67. The van der Waals surface area contributed by atoms with Gasteiger partial charge in [0.1, 0.15) is 35.7 Å². The number of rotatable bonds is 7. The van der Waals surface area contributed by atoms with Crippen molar-refractivity contribution in [1.82, 2.24) is 0 Å². The number of esters is 1. The van der Waals surface area contributed by atoms with E-state index in [1.54, 1.807) is 19.1 Å². The largest absolute Gasteiger partial charge is 0.486 e. The molecule has 1 heterocycles. The second-order valence-corrected chi connectivity index (χ2v) is 4.67. The van der Waals surface area contributed by atoms with Crippen molar-refractivity contribution in [2.45, 2.75) is 26.0 Å². The van der Waals surface area contributed by atoms with Crippen LogP contribution >= 0.6 is 0 Å². The minimum Gasteiger partial charge on any atom is -0.486 e. The Hall–Kier alpha value is -2.34. The van der Waals surface area contributed by atoms with Gasteiger partial charge in [-0.25, -0.2) is 4.39 Å². The Morgan fingerprint density at radius 2 is 1.91 bits per heavy atom. The van der Waals surface area contributed by atoms with E-state index < -0.39 is 12.0 Å². The fraction of sp³-hybridized carbons (Fsp3) is 0.312. The normalized spacial score (nSPS) is 12.0. The van der Waals surface area contributed by atoms with E-state index in [1.807, 2.05) is 0 Å². The predicted octanol–water partition coefficient (Wildman–Crippen LogP) is 2.43. The zero-order valence-corrected chi connectivity index (χ0v) is 12.3. The second kappa shape index (κ2) is 7.61. The van der Waals surface area contributed by atoms with Gasteiger partial charge in [-0.15, -0.1) is 0 Å². The van der Waals surface area contributed by atoms with Gasteiger partial charge in [0.2, 0.25) is 0 Å². The van der Waals surface area contributed by atoms with Crippen LogP contribution in [0.5, 0.6) is 5.75 Å². The average molecular weight is 307 g/mol. The molecule has 2 aromatic rings. The van der Waals surface area contributed by atoms with Gasteiger partial charge in [-0.05, 0) is 43.3 Å². The fourth-order valence-corrected chi connectivity index (χ4v) is 1.84. The number of hydrogen-bond donors (Lipinski definition) is 1. The molecule has 0 spiro atoms. The van der Waals surface area contributed by atoms with Gasteiger partial charge in [0.05, 0.1) is 6.61 Å². The number of carbonyl (C=O) groups excluding carboxylic acids is 1. The van der Waals surface area contributed by atoms with Crippen LogP contribution in [0.25, 0.3) is 0 Å². The van der Waals surface area contributed by atoms with Crippen molar-refractivity contribution in [3.8, 4) is 5.75 Å². The molecule has 0 aliphatic carbocycles. The van der Waals surface area contributed by atoms with Gasteiger partial charge in [-0.1, -0.05) is 0 Å². The van der Waals surface area contributed by atoms with Crippen LogP contribution in [0.2, 0.25) is 0 Å². The first kappa shape index (κ1) is 16.0. The molecule has 118 valence electrons. The van der Waals surface area contributed by atoms with Crippen molar-refractivity contribution in [3.63, 3.8) is 0 Å². The molecule has 0 radical (unpaired) electrons. The van der Waals surface area contributed by atoms with Gasteiger partial charge >= 0.3 is 5.97 Å². The molecule has 0 fully saturated rings. The van der Waals surface area contributed by atoms with Crippen molar-refractivity contribution in [2.24, 2.45) is 5.73 Å². The van der Waals surface area contributed by atoms with E-state index in [2.05, 4.69) is 0 Å². The summed E-state index contributed by atoms with van der Waals surface area (Å²) in [6.45, 7) is 2.23. The Morgan fingerprint density at radius 1 is 1.23 bits per heavy atom. The molecule has 0 aliphatic rings. The number of benzene rings is 1. The van der Waals surface area contributed by atoms with E-state index >= 15 is 0 Å². The molecule has 1 atom stereocenters. The topological polar surface area (TPSA) is 74.7 Å². The van der Waals surface area contributed by atoms with Crippen LogP contribution < -0.4 is 10.5 Å². The average Bonchev–Trinajstić information content (AvgIpc) is 2.94. The van der Waals surface area contributed by atoms with Gasteiger partial charge in [-0.2, -0.15) is 0 Å². The first-order valence-corrected chi connectivity index (χ1v) is 6.96. The lowest BCUT2D eigenvalue weighted by molar-refractivity contribution is -0.144. The quantitative estimate of drug-likeness (QED) is 0.795. The van der Waals surface area contributed by atoms with Gasteiger partial charge in [0.15, 0.2) is 0 Å². The third-order valence-corrected chi connectivity index (χ3v) is 2.92. The highest BCUT2D eigenvalue weighted by Crippen LogP contribution is 2.15. The molecular weight excluding hydrogens is 289 g/mol. The Balaban J connectivity index is 1.86. The number of ether oxygens (including phenoxy) is 2. The zero-order valence-electron chi connectivity index (χ0n) is 12.3. The van der Waals surface area contributed by atoms with Crippen LogP contribution in [0.3, 0.4) is 0 Å². The standard InChI is InChI=1S/C16H18FNO4/c1-2-20-16(19)15(18)9-13-7-8-14(22-13)10-21-12-5-3-11(17)4-6-12/h3-8,15H,2,9-10,18H2,1H3. The van der Waals surface area contributed by atoms with Crippen LogP contribution in [-0.4, -0.2) is 18.6 Å². The molecule has 0 bridgehead atoms. The minimum absolute atomic E-state index is 0.209. The molecule has 1 unspecified atom stereocenters. The molecule has 0 saturated carbocycles. The first-order valence-electron chi connectivity index (χ1n) is 6.96. The Labute approximate surface area is 127 Å². The van der Waals surface area contributed by atoms with Crippen LogP contribution in [0.4, 0.5) is 4.39 Å². The Kier molecular flexibility index (Phi) is 5.55. The van der Waals surface area contributed by atoms with E-state index in [-0.39, 0.29) is 18.8 Å². The maximum atomic E-state index is 12.8. The SMILES string of the molecule is CCOC(=O)C(N)Cc1ccc(COc2ccc(F)cc2)o1. The molecular formula is C16H18FNO4. The van der Waals surface area contributed by atoms with E-state index in [0.29, 0.717) is 23.9 Å². The molecule has 1 aromatic carbocycles. The number of carbonyl (C=O) groups is 1. The molecule has 0 aliphatic heterocycles. The van der Waals surface area contributed by atoms with Gasteiger partial charge < -0.3 is 19.6 Å². The third kappa shape index (κ3) is 4.60. The highest BCUT2D eigenvalue weighted by atomic mass is 19.1. The van der Waals surface area contributed by atoms with Crippen molar-refractivity contribution in [1.29, 1.82) is 0 Å². The van der Waals surface area contributed by atoms with Crippen LogP contribution in [0.1, 0.15) is 18.4 Å². The lowest BCUT2D eigenvalue weighted by Crippen LogP contribution is -2.34. The zero-order chi connectivity index (χ0) is 15.9. The molecule has 2 N–H and O–H groups in total. The summed E-state index contributed by atoms with van der Waals surface area (Å²) in [7, 11) is 0. The summed E-state index contributed by atoms with van der Waals surface area (Å²) in [6.07, 6.45) is 0.259. The summed E-state index contributed by atoms with van der Waals surface area (Å²) in [5, 5.41) is 0. The van der Waals surface area contributed by atoms with Gasteiger partial charge in [0, 0.05) is 6.42 Å². The van der Waals surface area contributed by atoms with Crippen LogP contribution in [0, 0.1) is 5.82 Å². The molecule has 0 amide bonds. The maximum Gasteiger partial charge on any atom is 0.323 e. The summed E-state index contributed by atoms with van der Waals surface area (Å²) in [4.78, 5) is 11.4. The maximum absolute atomic E-state index is 12.8. The van der Waals surface area contributed by atoms with Crippen molar-refractivity contribution < 1.29 is 23.1 Å². The van der Waals surface area contributed by atoms with Crippen LogP contribution in [-0.2, 0) is 22.6 Å². The summed E-state index contributed by atoms with van der Waals surface area (Å²) >= 11 is 0. The third-order valence-electron chi connectivity index (χ3n) is 2.92. The number of hydrogen-bond acceptors (Lipinski definition) is 5. The molecule has 6 heteroatoms. The van der Waals surface area contributed by atoms with Crippen LogP contribution in [0.15, 0.2) is 40.8 Å². The Morgan fingerprint density at radius 3 is 2.59 bits per heavy atom. The summed E-state index contributed by atoms with van der Waals surface area (Å²) in [5.74, 6) is 0.944. The number of halogens is 1. The van der Waals surface area contributed by atoms with E-state index in [0.717, 1.165) is 0 Å². The summed E-state index contributed by atoms with van der Waals surface area (Å²) < 4.78 is 28.6. The van der Waals surface area contributed by atoms with Gasteiger partial charge in [0.25, 0.3) is 0 Å². The molecule has 22 heavy (non-hydrogen) atoms. The molecule has 2 rings (SSSR count).